The first-order valence-corrected chi connectivity index (χ1v) is 8.03. The van der Waals surface area contributed by atoms with Gasteiger partial charge in [-0.3, -0.25) is 0 Å². The lowest BCUT2D eigenvalue weighted by atomic mass is 10.1. The summed E-state index contributed by atoms with van der Waals surface area (Å²) in [5.41, 5.74) is 5.62. The molecule has 1 atom stereocenters. The lowest BCUT2D eigenvalue weighted by Crippen LogP contribution is -2.12. The summed E-state index contributed by atoms with van der Waals surface area (Å²) >= 11 is 0. The maximum absolute atomic E-state index is 13.6. The molecule has 0 aliphatic carbocycles. The van der Waals surface area contributed by atoms with Gasteiger partial charge in [-0.1, -0.05) is 0 Å². The van der Waals surface area contributed by atoms with Gasteiger partial charge in [0.25, 0.3) is 0 Å². The van der Waals surface area contributed by atoms with E-state index in [2.05, 4.69) is 0 Å². The van der Waals surface area contributed by atoms with Gasteiger partial charge in [0.05, 0.1) is 11.9 Å². The predicted molar refractivity (Wildman–Crippen MR) is 71.1 cm³/mol. The fraction of sp³-hybridized carbons (Fsp3) is 0.538. The van der Waals surface area contributed by atoms with Crippen molar-refractivity contribution in [3.8, 4) is 0 Å². The zero-order valence-electron chi connectivity index (χ0n) is 10.6. The van der Waals surface area contributed by atoms with Gasteiger partial charge in [0, 0.05) is 12.3 Å². The van der Waals surface area contributed by atoms with E-state index in [1.165, 1.54) is 12.1 Å². The van der Waals surface area contributed by atoms with Gasteiger partial charge in [-0.05, 0) is 43.9 Å². The molecule has 1 aliphatic rings. The largest absolute Gasteiger partial charge is 0.399 e. The van der Waals surface area contributed by atoms with E-state index in [4.69, 9.17) is 10.5 Å². The predicted octanol–water partition coefficient (Wildman–Crippen LogP) is 2.14. The quantitative estimate of drug-likeness (QED) is 0.842. The van der Waals surface area contributed by atoms with Crippen LogP contribution in [0.25, 0.3) is 0 Å². The molecule has 1 unspecified atom stereocenters. The summed E-state index contributed by atoms with van der Waals surface area (Å²) in [5, 5.41) is 0. The van der Waals surface area contributed by atoms with Gasteiger partial charge in [0.2, 0.25) is 0 Å². The Kier molecular flexibility index (Phi) is 4.42. The topological polar surface area (TPSA) is 69.4 Å². The lowest BCUT2D eigenvalue weighted by molar-refractivity contribution is 0.104. The summed E-state index contributed by atoms with van der Waals surface area (Å²) in [5.74, 6) is -0.842. The maximum atomic E-state index is 13.6. The van der Waals surface area contributed by atoms with E-state index >= 15 is 0 Å². The van der Waals surface area contributed by atoms with Gasteiger partial charge in [-0.15, -0.1) is 0 Å². The molecule has 0 saturated carbocycles. The van der Waals surface area contributed by atoms with Crippen LogP contribution in [0.5, 0.6) is 0 Å². The second-order valence-electron chi connectivity index (χ2n) is 4.79. The number of hydrogen-bond donors (Lipinski definition) is 1. The van der Waals surface area contributed by atoms with Crippen molar-refractivity contribution in [2.45, 2.75) is 36.7 Å². The second-order valence-corrected chi connectivity index (χ2v) is 6.86. The minimum Gasteiger partial charge on any atom is -0.399 e. The Labute approximate surface area is 112 Å². The molecule has 1 aromatic carbocycles. The number of ether oxygens (including phenoxy) is 1. The fourth-order valence-corrected chi connectivity index (χ4v) is 3.65. The normalized spacial score (nSPS) is 19.7. The van der Waals surface area contributed by atoms with E-state index < -0.39 is 15.7 Å². The summed E-state index contributed by atoms with van der Waals surface area (Å²) in [4.78, 5) is -0.269. The summed E-state index contributed by atoms with van der Waals surface area (Å²) in [6.45, 7) is 0.754. The minimum absolute atomic E-state index is 0.0618. The van der Waals surface area contributed by atoms with Crippen LogP contribution in [0.2, 0.25) is 0 Å². The molecule has 1 saturated heterocycles. The second kappa shape index (κ2) is 5.88. The molecule has 1 aromatic rings. The van der Waals surface area contributed by atoms with Crippen LogP contribution in [0.15, 0.2) is 23.1 Å². The molecule has 1 aliphatic heterocycles. The summed E-state index contributed by atoms with van der Waals surface area (Å²) in [7, 11) is -3.59. The van der Waals surface area contributed by atoms with Crippen molar-refractivity contribution in [2.75, 3.05) is 18.1 Å². The van der Waals surface area contributed by atoms with Gasteiger partial charge in [0.15, 0.2) is 9.84 Å². The van der Waals surface area contributed by atoms with E-state index in [1.807, 2.05) is 0 Å². The average Bonchev–Trinajstić information content (AvgIpc) is 2.81. The van der Waals surface area contributed by atoms with Crippen molar-refractivity contribution in [1.29, 1.82) is 0 Å². The standard InChI is InChI=1S/C13H18FNO3S/c14-12-9-10(15)5-6-13(12)19(16,17)8-2-4-11-3-1-7-18-11/h5-6,9,11H,1-4,7-8,15H2. The SMILES string of the molecule is Nc1ccc(S(=O)(=O)CCCC2CCCO2)c(F)c1. The number of benzene rings is 1. The maximum Gasteiger partial charge on any atom is 0.181 e. The highest BCUT2D eigenvalue weighted by Crippen LogP contribution is 2.21. The highest BCUT2D eigenvalue weighted by Gasteiger charge is 2.21. The van der Waals surface area contributed by atoms with Crippen molar-refractivity contribution in [3.05, 3.63) is 24.0 Å². The average molecular weight is 287 g/mol. The molecular weight excluding hydrogens is 269 g/mol. The van der Waals surface area contributed by atoms with Crippen molar-refractivity contribution in [2.24, 2.45) is 0 Å². The molecule has 2 rings (SSSR count). The van der Waals surface area contributed by atoms with E-state index in [-0.39, 0.29) is 22.4 Å². The van der Waals surface area contributed by atoms with Gasteiger partial charge >= 0.3 is 0 Å². The van der Waals surface area contributed by atoms with Crippen LogP contribution in [0.3, 0.4) is 0 Å². The highest BCUT2D eigenvalue weighted by atomic mass is 32.2. The van der Waals surface area contributed by atoms with Crippen molar-refractivity contribution >= 4 is 15.5 Å². The Balaban J connectivity index is 1.97. The molecular formula is C13H18FNO3S. The Hall–Kier alpha value is -1.14. The number of nitrogens with two attached hydrogens (primary N) is 1. The Morgan fingerprint density at radius 2 is 2.21 bits per heavy atom. The highest BCUT2D eigenvalue weighted by molar-refractivity contribution is 7.91. The van der Waals surface area contributed by atoms with Gasteiger partial charge < -0.3 is 10.5 Å². The van der Waals surface area contributed by atoms with Crippen LogP contribution >= 0.6 is 0 Å². The third kappa shape index (κ3) is 3.67. The number of anilines is 1. The molecule has 0 bridgehead atoms. The molecule has 106 valence electrons. The minimum atomic E-state index is -3.59. The Morgan fingerprint density at radius 1 is 1.42 bits per heavy atom. The molecule has 1 heterocycles. The molecule has 2 N–H and O–H groups in total. The smallest absolute Gasteiger partial charge is 0.181 e. The fourth-order valence-electron chi connectivity index (χ4n) is 2.25. The summed E-state index contributed by atoms with van der Waals surface area (Å²) in [6, 6.07) is 3.66. The van der Waals surface area contributed by atoms with Crippen LogP contribution in [-0.2, 0) is 14.6 Å². The summed E-state index contributed by atoms with van der Waals surface area (Å²) in [6.07, 6.45) is 3.36. The number of sulfone groups is 1. The third-order valence-electron chi connectivity index (χ3n) is 3.25. The van der Waals surface area contributed by atoms with Gasteiger partial charge in [-0.25, -0.2) is 12.8 Å². The first kappa shape index (κ1) is 14.3. The van der Waals surface area contributed by atoms with Crippen LogP contribution in [0, 0.1) is 5.82 Å². The molecule has 4 nitrogen and oxygen atoms in total. The lowest BCUT2D eigenvalue weighted by Gasteiger charge is -2.10. The number of rotatable bonds is 5. The zero-order chi connectivity index (χ0) is 13.9. The van der Waals surface area contributed by atoms with Crippen molar-refractivity contribution in [1.82, 2.24) is 0 Å². The molecule has 6 heteroatoms. The third-order valence-corrected chi connectivity index (χ3v) is 5.08. The van der Waals surface area contributed by atoms with Crippen LogP contribution < -0.4 is 5.73 Å². The molecule has 0 amide bonds. The first-order chi connectivity index (χ1) is 8.99. The molecule has 0 radical (unpaired) electrons. The molecule has 0 aromatic heterocycles. The van der Waals surface area contributed by atoms with Crippen LogP contribution in [0.4, 0.5) is 10.1 Å². The van der Waals surface area contributed by atoms with E-state index in [1.54, 1.807) is 0 Å². The Morgan fingerprint density at radius 3 is 2.84 bits per heavy atom. The van der Waals surface area contributed by atoms with Crippen LogP contribution in [-0.4, -0.2) is 26.9 Å². The van der Waals surface area contributed by atoms with E-state index in [0.29, 0.717) is 12.8 Å². The summed E-state index contributed by atoms with van der Waals surface area (Å²) < 4.78 is 43.1. The van der Waals surface area contributed by atoms with Gasteiger partial charge in [-0.2, -0.15) is 0 Å². The molecule has 0 spiro atoms. The number of hydrogen-bond acceptors (Lipinski definition) is 4. The number of nitrogen functional groups attached to an aromatic ring is 1. The van der Waals surface area contributed by atoms with Crippen molar-refractivity contribution in [3.63, 3.8) is 0 Å². The zero-order valence-corrected chi connectivity index (χ0v) is 11.5. The Bertz CT molecular complexity index is 539. The van der Waals surface area contributed by atoms with E-state index in [0.717, 1.165) is 25.5 Å². The monoisotopic (exact) mass is 287 g/mol. The molecule has 1 fully saturated rings. The van der Waals surface area contributed by atoms with Crippen molar-refractivity contribution < 1.29 is 17.5 Å². The van der Waals surface area contributed by atoms with Gasteiger partial charge in [0.1, 0.15) is 10.7 Å². The molecule has 19 heavy (non-hydrogen) atoms. The van der Waals surface area contributed by atoms with Crippen LogP contribution in [0.1, 0.15) is 25.7 Å². The number of halogens is 1. The van der Waals surface area contributed by atoms with E-state index in [9.17, 15) is 12.8 Å². The first-order valence-electron chi connectivity index (χ1n) is 6.38.